The molecule has 5 nitrogen and oxygen atoms in total. The highest BCUT2D eigenvalue weighted by atomic mass is 16.5. The maximum absolute atomic E-state index is 9.09. The molecule has 3 unspecified atom stereocenters. The molecule has 0 saturated carbocycles. The zero-order valence-electron chi connectivity index (χ0n) is 15.6. The van der Waals surface area contributed by atoms with Gasteiger partial charge in [0.05, 0.1) is 12.7 Å². The third kappa shape index (κ3) is 2.59. The highest BCUT2D eigenvalue weighted by molar-refractivity contribution is 5.50. The second-order valence-electron chi connectivity index (χ2n) is 7.87. The molecule has 138 valence electrons. The van der Waals surface area contributed by atoms with E-state index < -0.39 is 0 Å². The molecule has 0 amide bonds. The normalized spacial score (nSPS) is 31.4. The Morgan fingerprint density at radius 2 is 1.93 bits per heavy atom. The molecule has 3 atom stereocenters. The van der Waals surface area contributed by atoms with E-state index in [-0.39, 0.29) is 0 Å². The second kappa shape index (κ2) is 6.54. The lowest BCUT2D eigenvalue weighted by molar-refractivity contribution is 0.0352. The number of aromatic nitrogens is 1. The number of benzene rings is 1. The summed E-state index contributed by atoms with van der Waals surface area (Å²) in [7, 11) is 1.76. The van der Waals surface area contributed by atoms with Gasteiger partial charge in [-0.2, -0.15) is 5.26 Å². The Hall–Kier alpha value is -2.58. The first-order chi connectivity index (χ1) is 13.3. The van der Waals surface area contributed by atoms with Crippen molar-refractivity contribution in [1.29, 1.82) is 5.26 Å². The van der Waals surface area contributed by atoms with Crippen molar-refractivity contribution < 1.29 is 4.74 Å². The summed E-state index contributed by atoms with van der Waals surface area (Å²) in [6, 6.07) is 15.5. The minimum atomic E-state index is 0.409. The largest absolute Gasteiger partial charge is 0.496 e. The Bertz CT molecular complexity index is 867. The van der Waals surface area contributed by atoms with E-state index in [4.69, 9.17) is 10.00 Å². The number of rotatable bonds is 3. The Labute approximate surface area is 160 Å². The van der Waals surface area contributed by atoms with Gasteiger partial charge in [-0.15, -0.1) is 0 Å². The fraction of sp³-hybridized carbons (Fsp3) is 0.455. The summed E-state index contributed by atoms with van der Waals surface area (Å²) in [5.74, 6) is 3.11. The zero-order valence-corrected chi connectivity index (χ0v) is 15.6. The van der Waals surface area contributed by atoms with Crippen LogP contribution in [0.2, 0.25) is 0 Å². The standard InChI is InChI=1S/C22H24N4O/c1-27-19-5-3-2-4-17(19)18-14-26(20-7-6-15(12-23)13-24-20)21-16-8-10-25(11-9-16)22(18)21/h2-7,13,16,18,21-22H,8-11,14H2,1H3. The van der Waals surface area contributed by atoms with Crippen molar-refractivity contribution in [3.8, 4) is 11.8 Å². The molecular weight excluding hydrogens is 336 g/mol. The number of pyridine rings is 1. The van der Waals surface area contributed by atoms with Crippen LogP contribution in [0.5, 0.6) is 5.75 Å². The number of methoxy groups -OCH3 is 1. The monoisotopic (exact) mass is 360 g/mol. The SMILES string of the molecule is COc1ccccc1C1CN(c2ccc(C#N)cn2)C2C3CCN(CC3)C12. The van der Waals surface area contributed by atoms with Crippen LogP contribution in [0.15, 0.2) is 42.6 Å². The predicted octanol–water partition coefficient (Wildman–Crippen LogP) is 3.03. The fourth-order valence-corrected chi connectivity index (χ4v) is 5.55. The van der Waals surface area contributed by atoms with E-state index in [1.54, 1.807) is 13.3 Å². The highest BCUT2D eigenvalue weighted by Crippen LogP contribution is 2.49. The molecule has 0 aliphatic carbocycles. The number of piperidine rings is 3. The topological polar surface area (TPSA) is 52.4 Å². The minimum Gasteiger partial charge on any atom is -0.496 e. The summed E-state index contributed by atoms with van der Waals surface area (Å²) in [6.45, 7) is 3.35. The van der Waals surface area contributed by atoms with Gasteiger partial charge in [-0.3, -0.25) is 4.90 Å². The fourth-order valence-electron chi connectivity index (χ4n) is 5.55. The van der Waals surface area contributed by atoms with Crippen molar-refractivity contribution in [1.82, 2.24) is 9.88 Å². The lowest BCUT2D eigenvalue weighted by Crippen LogP contribution is -2.60. The van der Waals surface area contributed by atoms with Crippen LogP contribution in [0.1, 0.15) is 29.9 Å². The summed E-state index contributed by atoms with van der Waals surface area (Å²) < 4.78 is 5.70. The van der Waals surface area contributed by atoms with E-state index in [0.717, 1.165) is 24.0 Å². The van der Waals surface area contributed by atoms with Gasteiger partial charge in [0.25, 0.3) is 0 Å². The van der Waals surface area contributed by atoms with Gasteiger partial charge in [-0.05, 0) is 50.0 Å². The number of hydrogen-bond donors (Lipinski definition) is 0. The molecule has 1 aromatic carbocycles. The first kappa shape index (κ1) is 16.6. The first-order valence-corrected chi connectivity index (χ1v) is 9.80. The van der Waals surface area contributed by atoms with Gasteiger partial charge in [0.2, 0.25) is 0 Å². The van der Waals surface area contributed by atoms with Crippen molar-refractivity contribution >= 4 is 5.82 Å². The lowest BCUT2D eigenvalue weighted by Gasteiger charge is -2.51. The van der Waals surface area contributed by atoms with Crippen molar-refractivity contribution in [3.05, 3.63) is 53.7 Å². The van der Waals surface area contributed by atoms with E-state index in [1.165, 1.54) is 31.5 Å². The average molecular weight is 360 g/mol. The number of hydrogen-bond acceptors (Lipinski definition) is 5. The molecule has 27 heavy (non-hydrogen) atoms. The van der Waals surface area contributed by atoms with Crippen LogP contribution in [0.25, 0.3) is 0 Å². The van der Waals surface area contributed by atoms with Crippen LogP contribution in [-0.4, -0.2) is 48.7 Å². The number of para-hydroxylation sites is 1. The van der Waals surface area contributed by atoms with Crippen LogP contribution < -0.4 is 9.64 Å². The van der Waals surface area contributed by atoms with Crippen molar-refractivity contribution in [3.63, 3.8) is 0 Å². The molecule has 0 radical (unpaired) electrons. The lowest BCUT2D eigenvalue weighted by atomic mass is 9.75. The molecule has 0 spiro atoms. The first-order valence-electron chi connectivity index (χ1n) is 9.80. The number of nitrogens with zero attached hydrogens (tertiary/aromatic N) is 4. The number of nitriles is 1. The van der Waals surface area contributed by atoms with Gasteiger partial charge in [0.15, 0.2) is 0 Å². The third-order valence-electron chi connectivity index (χ3n) is 6.70. The average Bonchev–Trinajstić information content (AvgIpc) is 3.17. The van der Waals surface area contributed by atoms with Crippen LogP contribution >= 0.6 is 0 Å². The maximum Gasteiger partial charge on any atom is 0.128 e. The van der Waals surface area contributed by atoms with Gasteiger partial charge in [-0.1, -0.05) is 18.2 Å². The highest BCUT2D eigenvalue weighted by Gasteiger charge is 2.54. The molecule has 4 fully saturated rings. The van der Waals surface area contributed by atoms with E-state index in [2.05, 4.69) is 39.1 Å². The van der Waals surface area contributed by atoms with Gasteiger partial charge in [0, 0.05) is 36.3 Å². The van der Waals surface area contributed by atoms with E-state index >= 15 is 0 Å². The summed E-state index contributed by atoms with van der Waals surface area (Å²) >= 11 is 0. The van der Waals surface area contributed by atoms with Crippen LogP contribution in [0.4, 0.5) is 5.82 Å². The molecule has 5 heterocycles. The molecule has 6 rings (SSSR count). The second-order valence-corrected chi connectivity index (χ2v) is 7.87. The van der Waals surface area contributed by atoms with Crippen molar-refractivity contribution in [2.24, 2.45) is 5.92 Å². The third-order valence-corrected chi connectivity index (χ3v) is 6.70. The van der Waals surface area contributed by atoms with Crippen molar-refractivity contribution in [2.75, 3.05) is 31.6 Å². The number of fused-ring (bicyclic) bond motifs is 2. The molecule has 4 aliphatic heterocycles. The summed E-state index contributed by atoms with van der Waals surface area (Å²) in [6.07, 6.45) is 4.24. The summed E-state index contributed by atoms with van der Waals surface area (Å²) in [5, 5.41) is 9.09. The minimum absolute atomic E-state index is 0.409. The van der Waals surface area contributed by atoms with E-state index in [1.807, 2.05) is 18.2 Å². The molecule has 4 aliphatic rings. The summed E-state index contributed by atoms with van der Waals surface area (Å²) in [4.78, 5) is 9.82. The Kier molecular flexibility index (Phi) is 4.02. The number of anilines is 1. The van der Waals surface area contributed by atoms with Crippen LogP contribution in [0, 0.1) is 17.2 Å². The smallest absolute Gasteiger partial charge is 0.128 e. The Balaban J connectivity index is 1.56. The quantitative estimate of drug-likeness (QED) is 0.842. The molecule has 4 saturated heterocycles. The van der Waals surface area contributed by atoms with Gasteiger partial charge >= 0.3 is 0 Å². The molecule has 1 aromatic heterocycles. The predicted molar refractivity (Wildman–Crippen MR) is 104 cm³/mol. The van der Waals surface area contributed by atoms with E-state index in [9.17, 15) is 0 Å². The van der Waals surface area contributed by atoms with Crippen molar-refractivity contribution in [2.45, 2.75) is 30.8 Å². The molecule has 5 heteroatoms. The Morgan fingerprint density at radius 1 is 1.11 bits per heavy atom. The van der Waals surface area contributed by atoms with Gasteiger partial charge in [0.1, 0.15) is 17.6 Å². The Morgan fingerprint density at radius 3 is 2.63 bits per heavy atom. The van der Waals surface area contributed by atoms with Gasteiger partial charge < -0.3 is 9.64 Å². The zero-order chi connectivity index (χ0) is 18.4. The maximum atomic E-state index is 9.09. The van der Waals surface area contributed by atoms with Crippen LogP contribution in [-0.2, 0) is 0 Å². The number of ether oxygens (including phenoxy) is 1. The molecule has 2 aromatic rings. The molecular formula is C22H24N4O. The molecule has 0 N–H and O–H groups in total. The summed E-state index contributed by atoms with van der Waals surface area (Å²) in [5.41, 5.74) is 1.92. The molecule has 2 bridgehead atoms. The van der Waals surface area contributed by atoms with Crippen LogP contribution in [0.3, 0.4) is 0 Å². The van der Waals surface area contributed by atoms with Gasteiger partial charge in [-0.25, -0.2) is 4.98 Å². The van der Waals surface area contributed by atoms with E-state index in [0.29, 0.717) is 23.6 Å².